The molecule has 0 unspecified atom stereocenters. The minimum absolute atomic E-state index is 0.0183. The van der Waals surface area contributed by atoms with Gasteiger partial charge in [0.2, 0.25) is 0 Å². The van der Waals surface area contributed by atoms with Gasteiger partial charge >= 0.3 is 0 Å². The zero-order valence-corrected chi connectivity index (χ0v) is 11.1. The molecule has 0 aliphatic carbocycles. The Bertz CT molecular complexity index is 598. The third-order valence-electron chi connectivity index (χ3n) is 2.83. The highest BCUT2D eigenvalue weighted by Crippen LogP contribution is 2.30. The molecule has 0 heterocycles. The summed E-state index contributed by atoms with van der Waals surface area (Å²) in [4.78, 5) is 11.5. The van der Waals surface area contributed by atoms with Crippen LogP contribution in [0.1, 0.15) is 18.1 Å². The molecule has 0 N–H and O–H groups in total. The van der Waals surface area contributed by atoms with Gasteiger partial charge in [-0.25, -0.2) is 0 Å². The first-order chi connectivity index (χ1) is 9.22. The molecule has 96 valence electrons. The monoisotopic (exact) mass is 252 g/mol. The van der Waals surface area contributed by atoms with Gasteiger partial charge in [0.25, 0.3) is 0 Å². The van der Waals surface area contributed by atoms with Gasteiger partial charge in [0.15, 0.2) is 5.78 Å². The molecule has 2 aromatic carbocycles. The van der Waals surface area contributed by atoms with Crippen molar-refractivity contribution in [1.29, 1.82) is 0 Å². The van der Waals surface area contributed by atoms with Crippen LogP contribution in [0, 0.1) is 0 Å². The number of hydrogen-bond acceptors (Lipinski definition) is 2. The van der Waals surface area contributed by atoms with Crippen LogP contribution in [0.5, 0.6) is 5.75 Å². The number of carbonyl (C=O) groups is 1. The zero-order chi connectivity index (χ0) is 13.7. The number of methoxy groups -OCH3 is 1. The number of ether oxygens (including phenoxy) is 1. The van der Waals surface area contributed by atoms with Crippen LogP contribution in [0.2, 0.25) is 0 Å². The van der Waals surface area contributed by atoms with Gasteiger partial charge in [-0.1, -0.05) is 48.5 Å². The average molecular weight is 252 g/mol. The van der Waals surface area contributed by atoms with Gasteiger partial charge in [-0.3, -0.25) is 4.79 Å². The van der Waals surface area contributed by atoms with Crippen molar-refractivity contribution in [2.75, 3.05) is 7.11 Å². The molecule has 2 rings (SSSR count). The van der Waals surface area contributed by atoms with Crippen molar-refractivity contribution < 1.29 is 9.53 Å². The summed E-state index contributed by atoms with van der Waals surface area (Å²) in [5.41, 5.74) is 2.80. The standard InChI is InChI=1S/C17H16O2/c1-13(18)12-16(14-8-4-3-5-9-14)15-10-6-7-11-17(15)19-2/h3-12H,1-2H3/b16-12+. The highest BCUT2D eigenvalue weighted by Gasteiger charge is 2.10. The van der Waals surface area contributed by atoms with Gasteiger partial charge in [0.1, 0.15) is 5.75 Å². The molecule has 2 heteroatoms. The number of allylic oxidation sites excluding steroid dienone is 1. The smallest absolute Gasteiger partial charge is 0.153 e. The number of hydrogen-bond donors (Lipinski definition) is 0. The molecule has 0 aliphatic rings. The lowest BCUT2D eigenvalue weighted by molar-refractivity contribution is -0.112. The van der Waals surface area contributed by atoms with Crippen molar-refractivity contribution in [2.45, 2.75) is 6.92 Å². The van der Waals surface area contributed by atoms with Gasteiger partial charge in [-0.05, 0) is 30.2 Å². The molecule has 0 amide bonds. The average Bonchev–Trinajstić information content (AvgIpc) is 2.45. The second-order valence-corrected chi connectivity index (χ2v) is 4.23. The van der Waals surface area contributed by atoms with Crippen molar-refractivity contribution in [3.8, 4) is 5.75 Å². The molecule has 0 radical (unpaired) electrons. The van der Waals surface area contributed by atoms with Crippen LogP contribution < -0.4 is 4.74 Å². The fourth-order valence-electron chi connectivity index (χ4n) is 2.00. The van der Waals surface area contributed by atoms with E-state index < -0.39 is 0 Å². The van der Waals surface area contributed by atoms with Crippen molar-refractivity contribution in [2.24, 2.45) is 0 Å². The van der Waals surface area contributed by atoms with Crippen LogP contribution in [-0.2, 0) is 4.79 Å². The molecule has 2 nitrogen and oxygen atoms in total. The molecule has 0 spiro atoms. The van der Waals surface area contributed by atoms with E-state index in [4.69, 9.17) is 4.74 Å². The van der Waals surface area contributed by atoms with Gasteiger partial charge < -0.3 is 4.74 Å². The van der Waals surface area contributed by atoms with Crippen molar-refractivity contribution in [3.63, 3.8) is 0 Å². The number of para-hydroxylation sites is 1. The lowest BCUT2D eigenvalue weighted by Gasteiger charge is -2.12. The summed E-state index contributed by atoms with van der Waals surface area (Å²) in [5, 5.41) is 0. The van der Waals surface area contributed by atoms with Crippen LogP contribution in [-0.4, -0.2) is 12.9 Å². The second kappa shape index (κ2) is 6.01. The van der Waals surface area contributed by atoms with Gasteiger partial charge in [0.05, 0.1) is 7.11 Å². The van der Waals surface area contributed by atoms with E-state index in [-0.39, 0.29) is 5.78 Å². The number of ketones is 1. The lowest BCUT2D eigenvalue weighted by atomic mass is 9.96. The Morgan fingerprint density at radius 1 is 1.00 bits per heavy atom. The summed E-state index contributed by atoms with van der Waals surface area (Å²) in [6.45, 7) is 1.55. The van der Waals surface area contributed by atoms with E-state index in [0.717, 1.165) is 22.4 Å². The summed E-state index contributed by atoms with van der Waals surface area (Å²) < 4.78 is 5.38. The van der Waals surface area contributed by atoms with Gasteiger partial charge in [-0.15, -0.1) is 0 Å². The summed E-state index contributed by atoms with van der Waals surface area (Å²) in [6.07, 6.45) is 1.65. The van der Waals surface area contributed by atoms with Gasteiger partial charge in [-0.2, -0.15) is 0 Å². The normalized spacial score (nSPS) is 11.2. The van der Waals surface area contributed by atoms with Crippen LogP contribution in [0.25, 0.3) is 5.57 Å². The maximum atomic E-state index is 11.5. The number of rotatable bonds is 4. The van der Waals surface area contributed by atoms with Crippen LogP contribution in [0.15, 0.2) is 60.7 Å². The fourth-order valence-corrected chi connectivity index (χ4v) is 2.00. The highest BCUT2D eigenvalue weighted by atomic mass is 16.5. The molecule has 0 saturated carbocycles. The Morgan fingerprint density at radius 3 is 2.26 bits per heavy atom. The largest absolute Gasteiger partial charge is 0.496 e. The molecule has 0 atom stereocenters. The molecule has 0 saturated heterocycles. The Balaban J connectivity index is 2.60. The number of benzene rings is 2. The summed E-state index contributed by atoms with van der Waals surface area (Å²) in [6, 6.07) is 17.6. The minimum Gasteiger partial charge on any atom is -0.496 e. The van der Waals surface area contributed by atoms with Gasteiger partial charge in [0, 0.05) is 5.56 Å². The van der Waals surface area contributed by atoms with Crippen molar-refractivity contribution in [1.82, 2.24) is 0 Å². The van der Waals surface area contributed by atoms with E-state index >= 15 is 0 Å². The Morgan fingerprint density at radius 2 is 1.63 bits per heavy atom. The van der Waals surface area contributed by atoms with Crippen LogP contribution in [0.3, 0.4) is 0 Å². The molecule has 0 aliphatic heterocycles. The fraction of sp³-hybridized carbons (Fsp3) is 0.118. The van der Waals surface area contributed by atoms with E-state index in [0.29, 0.717) is 0 Å². The third kappa shape index (κ3) is 3.10. The first-order valence-electron chi connectivity index (χ1n) is 6.13. The summed E-state index contributed by atoms with van der Waals surface area (Å²) in [7, 11) is 1.63. The SMILES string of the molecule is COc1ccccc1/C(=C/C(C)=O)c1ccccc1. The van der Waals surface area contributed by atoms with E-state index in [2.05, 4.69) is 0 Å². The number of carbonyl (C=O) groups excluding carboxylic acids is 1. The Hall–Kier alpha value is -2.35. The van der Waals surface area contributed by atoms with E-state index in [1.165, 1.54) is 0 Å². The van der Waals surface area contributed by atoms with Crippen LogP contribution >= 0.6 is 0 Å². The topological polar surface area (TPSA) is 26.3 Å². The molecule has 0 bridgehead atoms. The Kier molecular flexibility index (Phi) is 4.14. The van der Waals surface area contributed by atoms with E-state index in [1.807, 2.05) is 54.6 Å². The molecule has 19 heavy (non-hydrogen) atoms. The summed E-state index contributed by atoms with van der Waals surface area (Å²) >= 11 is 0. The Labute approximate surface area is 113 Å². The molecule has 0 aromatic heterocycles. The minimum atomic E-state index is 0.0183. The quantitative estimate of drug-likeness (QED) is 0.775. The van der Waals surface area contributed by atoms with Crippen LogP contribution in [0.4, 0.5) is 0 Å². The van der Waals surface area contributed by atoms with E-state index in [9.17, 15) is 4.79 Å². The molecular formula is C17H16O2. The maximum absolute atomic E-state index is 11.5. The summed E-state index contributed by atoms with van der Waals surface area (Å²) in [5.74, 6) is 0.781. The lowest BCUT2D eigenvalue weighted by Crippen LogP contribution is -1.95. The third-order valence-corrected chi connectivity index (χ3v) is 2.83. The highest BCUT2D eigenvalue weighted by molar-refractivity contribution is 5.99. The molecule has 2 aromatic rings. The second-order valence-electron chi connectivity index (χ2n) is 4.23. The van der Waals surface area contributed by atoms with Crippen molar-refractivity contribution >= 4 is 11.4 Å². The first-order valence-corrected chi connectivity index (χ1v) is 6.13. The van der Waals surface area contributed by atoms with Crippen molar-refractivity contribution in [3.05, 3.63) is 71.8 Å². The predicted octanol–water partition coefficient (Wildman–Crippen LogP) is 3.72. The molecular weight excluding hydrogens is 236 g/mol. The first kappa shape index (κ1) is 13.1. The van der Waals surface area contributed by atoms with E-state index in [1.54, 1.807) is 20.1 Å². The predicted molar refractivity (Wildman–Crippen MR) is 77.2 cm³/mol. The zero-order valence-electron chi connectivity index (χ0n) is 11.1. The molecule has 0 fully saturated rings. The maximum Gasteiger partial charge on any atom is 0.153 e.